The number of aromatic carboxylic acids is 1. The van der Waals surface area contributed by atoms with Crippen molar-refractivity contribution in [3.63, 3.8) is 0 Å². The molecular formula is C15H17ClN2O3. The first kappa shape index (κ1) is 14.4. The summed E-state index contributed by atoms with van der Waals surface area (Å²) in [6, 6.07) is 4.96. The van der Waals surface area contributed by atoms with Gasteiger partial charge < -0.3 is 14.4 Å². The highest BCUT2D eigenvalue weighted by Gasteiger charge is 2.24. The molecule has 5 nitrogen and oxygen atoms in total. The van der Waals surface area contributed by atoms with Gasteiger partial charge in [0.2, 0.25) is 0 Å². The van der Waals surface area contributed by atoms with Gasteiger partial charge >= 0.3 is 5.97 Å². The summed E-state index contributed by atoms with van der Waals surface area (Å²) in [6.45, 7) is 3.45. The largest absolute Gasteiger partial charge is 0.478 e. The minimum atomic E-state index is -0.941. The molecule has 0 radical (unpaired) electrons. The number of halogens is 1. The first-order valence-corrected chi connectivity index (χ1v) is 7.53. The number of ether oxygens (including phenoxy) is 1. The van der Waals surface area contributed by atoms with E-state index >= 15 is 0 Å². The Bertz CT molecular complexity index is 679. The van der Waals surface area contributed by atoms with Gasteiger partial charge in [-0.05, 0) is 31.0 Å². The highest BCUT2D eigenvalue weighted by atomic mass is 35.5. The van der Waals surface area contributed by atoms with Crippen molar-refractivity contribution in [3.05, 3.63) is 29.6 Å². The second-order valence-electron chi connectivity index (χ2n) is 5.25. The summed E-state index contributed by atoms with van der Waals surface area (Å²) >= 11 is 6.37. The molecule has 1 saturated heterocycles. The van der Waals surface area contributed by atoms with Crippen molar-refractivity contribution in [2.24, 2.45) is 0 Å². The second kappa shape index (κ2) is 5.66. The molecule has 6 heteroatoms. The van der Waals surface area contributed by atoms with E-state index in [0.29, 0.717) is 6.54 Å². The summed E-state index contributed by atoms with van der Waals surface area (Å²) in [4.78, 5) is 15.7. The van der Waals surface area contributed by atoms with E-state index in [4.69, 9.17) is 21.4 Å². The van der Waals surface area contributed by atoms with Crippen molar-refractivity contribution in [1.82, 2.24) is 9.55 Å². The van der Waals surface area contributed by atoms with Crippen LogP contribution in [0.5, 0.6) is 0 Å². The van der Waals surface area contributed by atoms with E-state index in [9.17, 15) is 4.79 Å². The van der Waals surface area contributed by atoms with Gasteiger partial charge in [0.05, 0.1) is 34.6 Å². The molecule has 2 aromatic rings. The Hall–Kier alpha value is -1.59. The Kier molecular flexibility index (Phi) is 3.87. The summed E-state index contributed by atoms with van der Waals surface area (Å²) in [5, 5.41) is 8.97. The Morgan fingerprint density at radius 1 is 1.62 bits per heavy atom. The summed E-state index contributed by atoms with van der Waals surface area (Å²) in [7, 11) is 0. The maximum atomic E-state index is 11.2. The van der Waals surface area contributed by atoms with Gasteiger partial charge in [-0.1, -0.05) is 6.92 Å². The number of aromatic nitrogens is 2. The van der Waals surface area contributed by atoms with Gasteiger partial charge in [0.1, 0.15) is 5.82 Å². The molecule has 1 aromatic heterocycles. The third kappa shape index (κ3) is 2.63. The lowest BCUT2D eigenvalue weighted by molar-refractivity contribution is -0.0590. The third-order valence-electron chi connectivity index (χ3n) is 3.84. The molecular weight excluding hydrogens is 292 g/mol. The van der Waals surface area contributed by atoms with Crippen LogP contribution in [0.1, 0.15) is 41.3 Å². The van der Waals surface area contributed by atoms with E-state index in [0.717, 1.165) is 36.3 Å². The SMILES string of the molecule is CC[C@H](Cl)c1nc2ccc(C(=O)O)cc2n1CC1CCO1. The van der Waals surface area contributed by atoms with Crippen LogP contribution < -0.4 is 0 Å². The number of rotatable bonds is 5. The average Bonchev–Trinajstić information content (AvgIpc) is 2.79. The van der Waals surface area contributed by atoms with E-state index in [1.807, 2.05) is 11.5 Å². The van der Waals surface area contributed by atoms with E-state index in [1.54, 1.807) is 18.2 Å². The van der Waals surface area contributed by atoms with Crippen LogP contribution in [0.2, 0.25) is 0 Å². The Morgan fingerprint density at radius 3 is 2.95 bits per heavy atom. The van der Waals surface area contributed by atoms with Crippen molar-refractivity contribution in [2.75, 3.05) is 6.61 Å². The molecule has 21 heavy (non-hydrogen) atoms. The fourth-order valence-corrected chi connectivity index (χ4v) is 2.69. The summed E-state index contributed by atoms with van der Waals surface area (Å²) in [5.74, 6) is -0.156. The van der Waals surface area contributed by atoms with Crippen LogP contribution in [0, 0.1) is 0 Å². The molecule has 1 aliphatic rings. The topological polar surface area (TPSA) is 64.3 Å². The number of benzene rings is 1. The number of imidazole rings is 1. The van der Waals surface area contributed by atoms with Gasteiger partial charge in [0.25, 0.3) is 0 Å². The molecule has 1 N–H and O–H groups in total. The number of carbonyl (C=O) groups is 1. The van der Waals surface area contributed by atoms with Crippen molar-refractivity contribution in [1.29, 1.82) is 0 Å². The molecule has 2 heterocycles. The van der Waals surface area contributed by atoms with Gasteiger partial charge in [-0.3, -0.25) is 0 Å². The normalized spacial score (nSPS) is 19.4. The molecule has 0 bridgehead atoms. The zero-order chi connectivity index (χ0) is 15.0. The lowest BCUT2D eigenvalue weighted by atomic mass is 10.1. The van der Waals surface area contributed by atoms with Crippen molar-refractivity contribution in [2.45, 2.75) is 37.8 Å². The predicted molar refractivity (Wildman–Crippen MR) is 79.9 cm³/mol. The lowest BCUT2D eigenvalue weighted by Gasteiger charge is -2.28. The molecule has 0 saturated carbocycles. The maximum absolute atomic E-state index is 11.2. The molecule has 1 aromatic carbocycles. The number of alkyl halides is 1. The average molecular weight is 309 g/mol. The Labute approximate surface area is 127 Å². The van der Waals surface area contributed by atoms with Crippen molar-refractivity contribution >= 4 is 28.6 Å². The predicted octanol–water partition coefficient (Wildman–Crippen LogP) is 3.21. The smallest absolute Gasteiger partial charge is 0.335 e. The molecule has 0 aliphatic carbocycles. The van der Waals surface area contributed by atoms with Crippen LogP contribution in [0.3, 0.4) is 0 Å². The van der Waals surface area contributed by atoms with Gasteiger partial charge in [-0.15, -0.1) is 11.6 Å². The van der Waals surface area contributed by atoms with Crippen LogP contribution in [0.25, 0.3) is 11.0 Å². The van der Waals surface area contributed by atoms with Crippen molar-refractivity contribution < 1.29 is 14.6 Å². The molecule has 1 fully saturated rings. The molecule has 1 aliphatic heterocycles. The lowest BCUT2D eigenvalue weighted by Crippen LogP contribution is -2.31. The van der Waals surface area contributed by atoms with Crippen LogP contribution in [-0.2, 0) is 11.3 Å². The standard InChI is InChI=1S/C15H17ClN2O3/c1-2-11(16)14-17-12-4-3-9(15(19)20)7-13(12)18(14)8-10-5-6-21-10/h3-4,7,10-11H,2,5-6,8H2,1H3,(H,19,20)/t10?,11-/m0/s1. The zero-order valence-electron chi connectivity index (χ0n) is 11.8. The number of hydrogen-bond acceptors (Lipinski definition) is 3. The van der Waals surface area contributed by atoms with Crippen LogP contribution in [0.15, 0.2) is 18.2 Å². The number of carboxylic acid groups (broad SMARTS) is 1. The number of nitrogens with zero attached hydrogens (tertiary/aromatic N) is 2. The summed E-state index contributed by atoms with van der Waals surface area (Å²) in [6.07, 6.45) is 1.94. The Balaban J connectivity index is 2.10. The molecule has 1 unspecified atom stereocenters. The van der Waals surface area contributed by atoms with E-state index < -0.39 is 5.97 Å². The Morgan fingerprint density at radius 2 is 2.38 bits per heavy atom. The quantitative estimate of drug-likeness (QED) is 0.861. The minimum absolute atomic E-state index is 0.162. The van der Waals surface area contributed by atoms with Crippen molar-refractivity contribution in [3.8, 4) is 0 Å². The van der Waals surface area contributed by atoms with Gasteiger partial charge in [-0.2, -0.15) is 0 Å². The second-order valence-corrected chi connectivity index (χ2v) is 5.77. The minimum Gasteiger partial charge on any atom is -0.478 e. The monoisotopic (exact) mass is 308 g/mol. The number of carboxylic acids is 1. The zero-order valence-corrected chi connectivity index (χ0v) is 12.5. The first-order chi connectivity index (χ1) is 10.1. The van der Waals surface area contributed by atoms with Gasteiger partial charge in [0, 0.05) is 6.61 Å². The number of fused-ring (bicyclic) bond motifs is 1. The highest BCUT2D eigenvalue weighted by Crippen LogP contribution is 2.29. The van der Waals surface area contributed by atoms with Gasteiger partial charge in [0.15, 0.2) is 0 Å². The van der Waals surface area contributed by atoms with Crippen LogP contribution in [-0.4, -0.2) is 33.3 Å². The summed E-state index contributed by atoms with van der Waals surface area (Å²) in [5.41, 5.74) is 1.83. The molecule has 0 spiro atoms. The van der Waals surface area contributed by atoms with Crippen LogP contribution >= 0.6 is 11.6 Å². The molecule has 2 atom stereocenters. The highest BCUT2D eigenvalue weighted by molar-refractivity contribution is 6.20. The fraction of sp³-hybridized carbons (Fsp3) is 0.467. The molecule has 3 rings (SSSR count). The third-order valence-corrected chi connectivity index (χ3v) is 4.35. The van der Waals surface area contributed by atoms with Gasteiger partial charge in [-0.25, -0.2) is 9.78 Å². The molecule has 112 valence electrons. The van der Waals surface area contributed by atoms with E-state index in [2.05, 4.69) is 4.98 Å². The van der Waals surface area contributed by atoms with E-state index in [-0.39, 0.29) is 17.0 Å². The van der Waals surface area contributed by atoms with E-state index in [1.165, 1.54) is 0 Å². The maximum Gasteiger partial charge on any atom is 0.335 e. The fourth-order valence-electron chi connectivity index (χ4n) is 2.52. The number of hydrogen-bond donors (Lipinski definition) is 1. The van der Waals surface area contributed by atoms with Crippen LogP contribution in [0.4, 0.5) is 0 Å². The summed E-state index contributed by atoms with van der Waals surface area (Å²) < 4.78 is 7.50. The molecule has 0 amide bonds. The first-order valence-electron chi connectivity index (χ1n) is 7.09.